The summed E-state index contributed by atoms with van der Waals surface area (Å²) in [5.41, 5.74) is 1.56. The van der Waals surface area contributed by atoms with Crippen molar-refractivity contribution in [2.45, 2.75) is 58.1 Å². The zero-order chi connectivity index (χ0) is 12.8. The van der Waals surface area contributed by atoms with Gasteiger partial charge in [-0.1, -0.05) is 37.3 Å². The molecule has 0 radical (unpaired) electrons. The molecule has 0 aliphatic heterocycles. The van der Waals surface area contributed by atoms with E-state index >= 15 is 0 Å². The zero-order valence-corrected chi connectivity index (χ0v) is 10.7. The summed E-state index contributed by atoms with van der Waals surface area (Å²) in [7, 11) is 0. The highest BCUT2D eigenvalue weighted by molar-refractivity contribution is 5.10. The van der Waals surface area contributed by atoms with E-state index in [-0.39, 0.29) is 13.2 Å². The molecule has 2 rings (SSSR count). The van der Waals surface area contributed by atoms with Crippen LogP contribution in [0.15, 0.2) is 0 Å². The van der Waals surface area contributed by atoms with Gasteiger partial charge in [0.2, 0.25) is 0 Å². The number of hydrogen-bond donors (Lipinski definition) is 1. The second-order valence-electron chi connectivity index (χ2n) is 5.00. The molecule has 5 heteroatoms. The van der Waals surface area contributed by atoms with Gasteiger partial charge < -0.3 is 5.11 Å². The molecule has 18 heavy (non-hydrogen) atoms. The molecular formula is C13H20N4O. The van der Waals surface area contributed by atoms with Gasteiger partial charge in [-0.25, -0.2) is 4.68 Å². The molecule has 1 aromatic rings. The Morgan fingerprint density at radius 1 is 1.33 bits per heavy atom. The minimum absolute atomic E-state index is 0.0918. The summed E-state index contributed by atoms with van der Waals surface area (Å²) < 4.78 is 1.62. The summed E-state index contributed by atoms with van der Waals surface area (Å²) in [5.74, 6) is 0.788. The topological polar surface area (TPSA) is 74.7 Å². The van der Waals surface area contributed by atoms with Crippen molar-refractivity contribution >= 4 is 0 Å². The molecular weight excluding hydrogens is 228 g/mol. The fourth-order valence-corrected chi connectivity index (χ4v) is 2.78. The number of rotatable bonds is 5. The van der Waals surface area contributed by atoms with E-state index in [0.29, 0.717) is 5.69 Å². The maximum atomic E-state index is 9.24. The number of nitrogens with zero attached hydrogens (tertiary/aromatic N) is 4. The Balaban J connectivity index is 1.98. The Morgan fingerprint density at radius 2 is 2.11 bits per heavy atom. The number of aliphatic hydroxyl groups is 1. The first-order chi connectivity index (χ1) is 8.85. The van der Waals surface area contributed by atoms with Crippen LogP contribution in [0.4, 0.5) is 0 Å². The first kappa shape index (κ1) is 13.0. The van der Waals surface area contributed by atoms with Crippen molar-refractivity contribution in [3.63, 3.8) is 0 Å². The Kier molecular flexibility index (Phi) is 4.71. The maximum absolute atomic E-state index is 9.24. The van der Waals surface area contributed by atoms with E-state index in [1.54, 1.807) is 4.68 Å². The van der Waals surface area contributed by atoms with Crippen LogP contribution in [0.5, 0.6) is 0 Å². The average Bonchev–Trinajstić information content (AvgIpc) is 2.80. The average molecular weight is 248 g/mol. The molecule has 1 saturated carbocycles. The molecule has 1 aromatic heterocycles. The number of aliphatic hydroxyl groups excluding tert-OH is 1. The van der Waals surface area contributed by atoms with Gasteiger partial charge in [0.1, 0.15) is 12.2 Å². The minimum atomic E-state index is -0.0918. The van der Waals surface area contributed by atoms with Gasteiger partial charge in [-0.05, 0) is 18.8 Å². The van der Waals surface area contributed by atoms with Crippen LogP contribution in [0.25, 0.3) is 0 Å². The highest BCUT2D eigenvalue weighted by atomic mass is 16.3. The van der Waals surface area contributed by atoms with Gasteiger partial charge >= 0.3 is 0 Å². The molecule has 0 unspecified atom stereocenters. The van der Waals surface area contributed by atoms with Crippen LogP contribution in [0.1, 0.15) is 49.9 Å². The van der Waals surface area contributed by atoms with Gasteiger partial charge in [0.25, 0.3) is 0 Å². The molecule has 98 valence electrons. The van der Waals surface area contributed by atoms with Crippen molar-refractivity contribution in [1.29, 1.82) is 5.26 Å². The normalized spacial score (nSPS) is 16.7. The minimum Gasteiger partial charge on any atom is -0.390 e. The lowest BCUT2D eigenvalue weighted by Gasteiger charge is -2.21. The highest BCUT2D eigenvalue weighted by Crippen LogP contribution is 2.27. The summed E-state index contributed by atoms with van der Waals surface area (Å²) in [5, 5.41) is 25.8. The molecule has 1 aliphatic rings. The second-order valence-corrected chi connectivity index (χ2v) is 5.00. The summed E-state index contributed by atoms with van der Waals surface area (Å²) in [4.78, 5) is 0. The van der Waals surface area contributed by atoms with Crippen LogP contribution in [-0.4, -0.2) is 20.1 Å². The Hall–Kier alpha value is -1.41. The molecule has 1 fully saturated rings. The number of aromatic nitrogens is 3. The van der Waals surface area contributed by atoms with Gasteiger partial charge in [-0.3, -0.25) is 0 Å². The van der Waals surface area contributed by atoms with E-state index in [1.807, 2.05) is 0 Å². The lowest BCUT2D eigenvalue weighted by Crippen LogP contribution is -2.11. The summed E-state index contributed by atoms with van der Waals surface area (Å²) in [6.07, 6.45) is 8.66. The van der Waals surface area contributed by atoms with Crippen LogP contribution < -0.4 is 0 Å². The van der Waals surface area contributed by atoms with Gasteiger partial charge in [0.05, 0.1) is 18.4 Å². The Bertz CT molecular complexity index is 415. The highest BCUT2D eigenvalue weighted by Gasteiger charge is 2.17. The van der Waals surface area contributed by atoms with E-state index in [0.717, 1.165) is 24.5 Å². The molecule has 0 atom stereocenters. The quantitative estimate of drug-likeness (QED) is 0.862. The van der Waals surface area contributed by atoms with Crippen molar-refractivity contribution in [3.05, 3.63) is 11.4 Å². The van der Waals surface area contributed by atoms with Crippen LogP contribution in [0.3, 0.4) is 0 Å². The molecule has 0 spiro atoms. The first-order valence-corrected chi connectivity index (χ1v) is 6.74. The fraction of sp³-hybridized carbons (Fsp3) is 0.769. The maximum Gasteiger partial charge on any atom is 0.130 e. The lowest BCUT2D eigenvalue weighted by molar-refractivity contribution is 0.274. The van der Waals surface area contributed by atoms with Crippen molar-refractivity contribution < 1.29 is 5.11 Å². The third-order valence-corrected chi connectivity index (χ3v) is 3.80. The molecule has 5 nitrogen and oxygen atoms in total. The second kappa shape index (κ2) is 6.50. The van der Waals surface area contributed by atoms with Crippen LogP contribution in [0.2, 0.25) is 0 Å². The lowest BCUT2D eigenvalue weighted by atomic mass is 9.85. The zero-order valence-electron chi connectivity index (χ0n) is 10.7. The monoisotopic (exact) mass is 248 g/mol. The van der Waals surface area contributed by atoms with Crippen molar-refractivity contribution in [2.24, 2.45) is 5.92 Å². The van der Waals surface area contributed by atoms with Crippen molar-refractivity contribution in [2.75, 3.05) is 0 Å². The molecule has 0 saturated heterocycles. The van der Waals surface area contributed by atoms with Crippen molar-refractivity contribution in [1.82, 2.24) is 15.0 Å². The number of nitriles is 1. The SMILES string of the molecule is N#CCn1nnc(CO)c1CCC1CCCCC1. The van der Waals surface area contributed by atoms with Crippen LogP contribution >= 0.6 is 0 Å². The molecule has 1 aliphatic carbocycles. The smallest absolute Gasteiger partial charge is 0.130 e. The summed E-state index contributed by atoms with van der Waals surface area (Å²) in [6.45, 7) is 0.123. The van der Waals surface area contributed by atoms with E-state index < -0.39 is 0 Å². The molecule has 1 heterocycles. The first-order valence-electron chi connectivity index (χ1n) is 6.74. The fourth-order valence-electron chi connectivity index (χ4n) is 2.78. The summed E-state index contributed by atoms with van der Waals surface area (Å²) >= 11 is 0. The predicted molar refractivity (Wildman–Crippen MR) is 66.5 cm³/mol. The Morgan fingerprint density at radius 3 is 2.78 bits per heavy atom. The number of hydrogen-bond acceptors (Lipinski definition) is 4. The van der Waals surface area contributed by atoms with Crippen molar-refractivity contribution in [3.8, 4) is 6.07 Å². The van der Waals surface area contributed by atoms with E-state index in [9.17, 15) is 5.11 Å². The largest absolute Gasteiger partial charge is 0.390 e. The van der Waals surface area contributed by atoms with Gasteiger partial charge in [-0.2, -0.15) is 5.26 Å². The third kappa shape index (κ3) is 3.08. The van der Waals surface area contributed by atoms with E-state index in [1.165, 1.54) is 32.1 Å². The van der Waals surface area contributed by atoms with Gasteiger partial charge in [0.15, 0.2) is 0 Å². The van der Waals surface area contributed by atoms with Gasteiger partial charge in [0, 0.05) is 0 Å². The molecule has 0 amide bonds. The van der Waals surface area contributed by atoms with E-state index in [2.05, 4.69) is 16.4 Å². The van der Waals surface area contributed by atoms with Crippen LogP contribution in [0, 0.1) is 17.2 Å². The Labute approximate surface area is 107 Å². The standard InChI is InChI=1S/C13H20N4O/c14-8-9-17-13(12(10-18)15-16-17)7-6-11-4-2-1-3-5-11/h11,18H,1-7,9-10H2. The third-order valence-electron chi connectivity index (χ3n) is 3.80. The molecule has 0 bridgehead atoms. The predicted octanol–water partition coefficient (Wildman–Crippen LogP) is 1.81. The molecule has 1 N–H and O–H groups in total. The van der Waals surface area contributed by atoms with Gasteiger partial charge in [-0.15, -0.1) is 5.10 Å². The van der Waals surface area contributed by atoms with E-state index in [4.69, 9.17) is 5.26 Å². The van der Waals surface area contributed by atoms with Crippen LogP contribution in [-0.2, 0) is 19.6 Å². The molecule has 0 aromatic carbocycles. The summed E-state index contributed by atoms with van der Waals surface area (Å²) in [6, 6.07) is 2.08.